The lowest BCUT2D eigenvalue weighted by atomic mass is 10.0. The van der Waals surface area contributed by atoms with Crippen LogP contribution < -0.4 is 0 Å². The Balaban J connectivity index is 1.93. The quantitative estimate of drug-likeness (QED) is 0.268. The molecule has 0 atom stereocenters. The van der Waals surface area contributed by atoms with E-state index in [1.54, 1.807) is 0 Å². The highest BCUT2D eigenvalue weighted by Crippen LogP contribution is 2.47. The molecule has 0 aliphatic rings. The van der Waals surface area contributed by atoms with Crippen molar-refractivity contribution in [1.82, 2.24) is 0 Å². The highest BCUT2D eigenvalue weighted by atomic mass is 35.5. The fraction of sp³-hybridized carbons (Fsp3) is 0.333. The Morgan fingerprint density at radius 1 is 0.393 bits per heavy atom. The van der Waals surface area contributed by atoms with E-state index in [0.29, 0.717) is 24.0 Å². The van der Waals surface area contributed by atoms with Crippen molar-refractivity contribution in [1.29, 1.82) is 0 Å². The largest absolute Gasteiger partial charge is 0.505 e. The Morgan fingerprint density at radius 3 is 0.893 bits per heavy atom. The number of rotatable bonds is 7. The second kappa shape index (κ2) is 10.6. The van der Waals surface area contributed by atoms with Gasteiger partial charge in [-0.05, 0) is 36.8 Å². The van der Waals surface area contributed by atoms with Crippen molar-refractivity contribution >= 4 is 92.8 Å². The van der Waals surface area contributed by atoms with E-state index in [4.69, 9.17) is 92.8 Å². The van der Waals surface area contributed by atoms with Gasteiger partial charge in [-0.15, -0.1) is 0 Å². The lowest BCUT2D eigenvalue weighted by Crippen LogP contribution is -1.94. The Morgan fingerprint density at radius 2 is 0.643 bits per heavy atom. The summed E-state index contributed by atoms with van der Waals surface area (Å²) in [4.78, 5) is 0. The first-order valence-electron chi connectivity index (χ1n) is 8.17. The minimum absolute atomic E-state index is 0.00330. The number of aromatic hydroxyl groups is 2. The molecule has 0 fully saturated rings. The third-order valence-corrected chi connectivity index (χ3v) is 7.79. The summed E-state index contributed by atoms with van der Waals surface area (Å²) in [5.41, 5.74) is 1.22. The van der Waals surface area contributed by atoms with Gasteiger partial charge in [0.1, 0.15) is 20.1 Å². The monoisotopic (exact) mass is 542 g/mol. The van der Waals surface area contributed by atoms with Crippen LogP contribution in [-0.2, 0) is 12.8 Å². The molecule has 0 bridgehead atoms. The summed E-state index contributed by atoms with van der Waals surface area (Å²) in [6, 6.07) is 0. The highest BCUT2D eigenvalue weighted by Gasteiger charge is 2.20. The first kappa shape index (κ1) is 24.6. The zero-order valence-corrected chi connectivity index (χ0v) is 20.2. The number of halogens is 8. The zero-order chi connectivity index (χ0) is 21.2. The van der Waals surface area contributed by atoms with Gasteiger partial charge in [0.15, 0.2) is 11.5 Å². The lowest BCUT2D eigenvalue weighted by Gasteiger charge is -2.13. The lowest BCUT2D eigenvalue weighted by molar-refractivity contribution is 0.475. The summed E-state index contributed by atoms with van der Waals surface area (Å²) in [6.45, 7) is 0. The summed E-state index contributed by atoms with van der Waals surface area (Å²) in [5, 5.41) is 20.3. The van der Waals surface area contributed by atoms with Crippen LogP contribution in [0.2, 0.25) is 40.2 Å². The second-order valence-electron chi connectivity index (χ2n) is 6.08. The van der Waals surface area contributed by atoms with Crippen LogP contribution in [0.5, 0.6) is 11.5 Å². The fourth-order valence-corrected chi connectivity index (χ4v) is 4.87. The van der Waals surface area contributed by atoms with Gasteiger partial charge in [-0.2, -0.15) is 0 Å². The van der Waals surface area contributed by atoms with E-state index in [-0.39, 0.29) is 51.7 Å². The van der Waals surface area contributed by atoms with Gasteiger partial charge >= 0.3 is 0 Å². The number of benzene rings is 2. The van der Waals surface area contributed by atoms with Gasteiger partial charge in [0.25, 0.3) is 0 Å². The topological polar surface area (TPSA) is 40.5 Å². The van der Waals surface area contributed by atoms with Crippen LogP contribution >= 0.6 is 92.8 Å². The van der Waals surface area contributed by atoms with Crippen LogP contribution in [0.4, 0.5) is 0 Å². The molecule has 0 aliphatic heterocycles. The van der Waals surface area contributed by atoms with Crippen molar-refractivity contribution in [3.05, 3.63) is 51.3 Å². The average molecular weight is 546 g/mol. The molecule has 0 saturated carbocycles. The molecule has 154 valence electrons. The molecule has 10 heteroatoms. The van der Waals surface area contributed by atoms with Crippen LogP contribution in [-0.4, -0.2) is 10.2 Å². The maximum absolute atomic E-state index is 9.75. The van der Waals surface area contributed by atoms with E-state index in [9.17, 15) is 10.2 Å². The van der Waals surface area contributed by atoms with Crippen molar-refractivity contribution in [3.63, 3.8) is 0 Å². The minimum atomic E-state index is -0.318. The molecule has 0 amide bonds. The van der Waals surface area contributed by atoms with E-state index >= 15 is 0 Å². The standard InChI is InChI=1S/C18H14Cl8O2/c19-9-7(10(20)14(24)17(27)13(9)23)5-3-1-2-4-6-8-11(21)15(25)18(28)16(26)12(8)22/h27-28H,1-6H2. The molecule has 2 nitrogen and oxygen atoms in total. The number of phenolic OH excluding ortho intramolecular Hbond substituents is 2. The summed E-state index contributed by atoms with van der Waals surface area (Å²) in [7, 11) is 0. The second-order valence-corrected chi connectivity index (χ2v) is 9.10. The third kappa shape index (κ3) is 5.15. The molecule has 2 rings (SSSR count). The molecule has 0 saturated heterocycles. The molecular formula is C18H14Cl8O2. The maximum Gasteiger partial charge on any atom is 0.155 e. The molecule has 28 heavy (non-hydrogen) atoms. The fourth-order valence-electron chi connectivity index (χ4n) is 2.73. The van der Waals surface area contributed by atoms with Gasteiger partial charge in [-0.1, -0.05) is 106 Å². The molecule has 0 spiro atoms. The molecule has 2 aromatic rings. The first-order chi connectivity index (χ1) is 13.1. The van der Waals surface area contributed by atoms with Crippen LogP contribution in [0.3, 0.4) is 0 Å². The van der Waals surface area contributed by atoms with Gasteiger partial charge in [-0.25, -0.2) is 0 Å². The molecule has 0 unspecified atom stereocenters. The van der Waals surface area contributed by atoms with Crippen molar-refractivity contribution in [2.45, 2.75) is 38.5 Å². The van der Waals surface area contributed by atoms with Crippen LogP contribution in [0, 0.1) is 0 Å². The smallest absolute Gasteiger partial charge is 0.155 e. The zero-order valence-electron chi connectivity index (χ0n) is 14.2. The summed E-state index contributed by atoms with van der Waals surface area (Å²) >= 11 is 48.5. The molecular weight excluding hydrogens is 532 g/mol. The molecule has 2 aromatic carbocycles. The summed E-state index contributed by atoms with van der Waals surface area (Å²) in [6.07, 6.45) is 4.45. The van der Waals surface area contributed by atoms with Gasteiger partial charge in [0.05, 0.1) is 20.1 Å². The minimum Gasteiger partial charge on any atom is -0.505 e. The van der Waals surface area contributed by atoms with Crippen molar-refractivity contribution in [3.8, 4) is 11.5 Å². The Bertz CT molecular complexity index is 767. The Kier molecular flexibility index (Phi) is 9.32. The number of hydrogen-bond donors (Lipinski definition) is 2. The SMILES string of the molecule is Oc1c(Cl)c(Cl)c(CCCCCCc2c(Cl)c(Cl)c(O)c(Cl)c2Cl)c(Cl)c1Cl. The Hall–Kier alpha value is 0.360. The van der Waals surface area contributed by atoms with Gasteiger partial charge in [0.2, 0.25) is 0 Å². The van der Waals surface area contributed by atoms with E-state index in [2.05, 4.69) is 0 Å². The molecule has 0 aliphatic carbocycles. The Labute approximate surface area is 203 Å². The van der Waals surface area contributed by atoms with Crippen LogP contribution in [0.15, 0.2) is 0 Å². The van der Waals surface area contributed by atoms with Crippen LogP contribution in [0.25, 0.3) is 0 Å². The summed E-state index contributed by atoms with van der Waals surface area (Å²) in [5.74, 6) is -0.635. The third-order valence-electron chi connectivity index (χ3n) is 4.27. The van der Waals surface area contributed by atoms with Gasteiger partial charge < -0.3 is 10.2 Å². The van der Waals surface area contributed by atoms with Crippen molar-refractivity contribution in [2.75, 3.05) is 0 Å². The summed E-state index contributed by atoms with van der Waals surface area (Å²) < 4.78 is 0. The molecule has 0 heterocycles. The van der Waals surface area contributed by atoms with E-state index in [0.717, 1.165) is 25.7 Å². The number of hydrogen-bond acceptors (Lipinski definition) is 2. The van der Waals surface area contributed by atoms with Crippen molar-refractivity contribution in [2.24, 2.45) is 0 Å². The van der Waals surface area contributed by atoms with Gasteiger partial charge in [-0.3, -0.25) is 0 Å². The van der Waals surface area contributed by atoms with E-state index in [1.807, 2.05) is 0 Å². The normalized spacial score (nSPS) is 11.3. The molecule has 0 radical (unpaired) electrons. The van der Waals surface area contributed by atoms with Crippen LogP contribution in [0.1, 0.15) is 36.8 Å². The average Bonchev–Trinajstić information content (AvgIpc) is 2.68. The highest BCUT2D eigenvalue weighted by molar-refractivity contribution is 6.50. The van der Waals surface area contributed by atoms with E-state index in [1.165, 1.54) is 0 Å². The van der Waals surface area contributed by atoms with Gasteiger partial charge in [0, 0.05) is 0 Å². The van der Waals surface area contributed by atoms with E-state index < -0.39 is 0 Å². The van der Waals surface area contributed by atoms with Crippen molar-refractivity contribution < 1.29 is 10.2 Å². The number of unbranched alkanes of at least 4 members (excludes halogenated alkanes) is 3. The predicted octanol–water partition coefficient (Wildman–Crippen LogP) is 9.67. The maximum atomic E-state index is 9.75. The first-order valence-corrected chi connectivity index (χ1v) is 11.2. The molecule has 0 aromatic heterocycles. The molecule has 2 N–H and O–H groups in total. The number of phenols is 2. The predicted molar refractivity (Wildman–Crippen MR) is 122 cm³/mol.